The van der Waals surface area contributed by atoms with Crippen LogP contribution in [-0.2, 0) is 6.54 Å². The Hall–Kier alpha value is -0.840. The first-order valence-corrected chi connectivity index (χ1v) is 6.54. The lowest BCUT2D eigenvalue weighted by Crippen LogP contribution is -2.39. The normalized spacial score (nSPS) is 20.9. The van der Waals surface area contributed by atoms with Gasteiger partial charge in [-0.05, 0) is 44.0 Å². The summed E-state index contributed by atoms with van der Waals surface area (Å²) in [6.45, 7) is 5.95. The highest BCUT2D eigenvalue weighted by molar-refractivity contribution is 4.98. The van der Waals surface area contributed by atoms with Crippen molar-refractivity contribution in [1.82, 2.24) is 10.2 Å². The van der Waals surface area contributed by atoms with Crippen LogP contribution >= 0.6 is 0 Å². The van der Waals surface area contributed by atoms with E-state index in [9.17, 15) is 0 Å². The molecule has 1 unspecified atom stereocenters. The van der Waals surface area contributed by atoms with Gasteiger partial charge in [0.05, 0.1) is 12.8 Å². The van der Waals surface area contributed by atoms with Crippen LogP contribution in [0.1, 0.15) is 18.6 Å². The van der Waals surface area contributed by atoms with Crippen LogP contribution in [0.25, 0.3) is 0 Å². The lowest BCUT2D eigenvalue weighted by atomic mass is 9.99. The summed E-state index contributed by atoms with van der Waals surface area (Å²) in [6.07, 6.45) is 4.35. The van der Waals surface area contributed by atoms with E-state index in [2.05, 4.69) is 10.2 Å². The molecular formula is C13H23N3O. The highest BCUT2D eigenvalue weighted by atomic mass is 16.3. The summed E-state index contributed by atoms with van der Waals surface area (Å²) >= 11 is 0. The molecule has 4 nitrogen and oxygen atoms in total. The van der Waals surface area contributed by atoms with Gasteiger partial charge in [-0.3, -0.25) is 4.90 Å². The Morgan fingerprint density at radius 3 is 3.12 bits per heavy atom. The Balaban J connectivity index is 1.83. The van der Waals surface area contributed by atoms with Gasteiger partial charge in [0, 0.05) is 19.6 Å². The summed E-state index contributed by atoms with van der Waals surface area (Å²) < 4.78 is 5.40. The zero-order chi connectivity index (χ0) is 11.9. The molecule has 2 rings (SSSR count). The summed E-state index contributed by atoms with van der Waals surface area (Å²) in [4.78, 5) is 2.40. The van der Waals surface area contributed by atoms with Gasteiger partial charge in [-0.2, -0.15) is 0 Å². The molecule has 4 heteroatoms. The van der Waals surface area contributed by atoms with E-state index in [1.165, 1.54) is 19.4 Å². The average Bonchev–Trinajstić information content (AvgIpc) is 2.83. The van der Waals surface area contributed by atoms with Crippen LogP contribution in [0.5, 0.6) is 0 Å². The molecule has 1 fully saturated rings. The van der Waals surface area contributed by atoms with Crippen molar-refractivity contribution in [3.8, 4) is 0 Å². The summed E-state index contributed by atoms with van der Waals surface area (Å²) in [5.74, 6) is 1.78. The van der Waals surface area contributed by atoms with Crippen LogP contribution in [0.2, 0.25) is 0 Å². The van der Waals surface area contributed by atoms with Crippen molar-refractivity contribution < 1.29 is 4.42 Å². The van der Waals surface area contributed by atoms with Gasteiger partial charge in [-0.1, -0.05) is 0 Å². The van der Waals surface area contributed by atoms with Crippen LogP contribution in [-0.4, -0.2) is 37.6 Å². The van der Waals surface area contributed by atoms with Gasteiger partial charge in [0.2, 0.25) is 0 Å². The van der Waals surface area contributed by atoms with E-state index >= 15 is 0 Å². The summed E-state index contributed by atoms with van der Waals surface area (Å²) in [6, 6.07) is 3.97. The third-order valence-corrected chi connectivity index (χ3v) is 3.32. The SMILES string of the molecule is NCCN(Cc1ccco1)CC1CCCNC1. The second-order valence-electron chi connectivity index (χ2n) is 4.82. The van der Waals surface area contributed by atoms with E-state index in [0.29, 0.717) is 6.54 Å². The third-order valence-electron chi connectivity index (χ3n) is 3.32. The maximum absolute atomic E-state index is 5.68. The lowest BCUT2D eigenvalue weighted by molar-refractivity contribution is 0.193. The largest absolute Gasteiger partial charge is 0.468 e. The molecule has 1 aliphatic heterocycles. The maximum atomic E-state index is 5.68. The van der Waals surface area contributed by atoms with Gasteiger partial charge in [-0.15, -0.1) is 0 Å². The van der Waals surface area contributed by atoms with Gasteiger partial charge in [0.1, 0.15) is 5.76 Å². The van der Waals surface area contributed by atoms with Gasteiger partial charge in [0.15, 0.2) is 0 Å². The van der Waals surface area contributed by atoms with E-state index in [-0.39, 0.29) is 0 Å². The van der Waals surface area contributed by atoms with Crippen LogP contribution < -0.4 is 11.1 Å². The summed E-state index contributed by atoms with van der Waals surface area (Å²) in [7, 11) is 0. The fourth-order valence-corrected chi connectivity index (χ4v) is 2.49. The number of hydrogen-bond acceptors (Lipinski definition) is 4. The molecular weight excluding hydrogens is 214 g/mol. The number of rotatable bonds is 6. The third kappa shape index (κ3) is 4.15. The van der Waals surface area contributed by atoms with Gasteiger partial charge >= 0.3 is 0 Å². The fraction of sp³-hybridized carbons (Fsp3) is 0.692. The first-order chi connectivity index (χ1) is 8.38. The maximum Gasteiger partial charge on any atom is 0.117 e. The van der Waals surface area contributed by atoms with E-state index in [4.69, 9.17) is 10.2 Å². The topological polar surface area (TPSA) is 54.4 Å². The number of nitrogens with two attached hydrogens (primary N) is 1. The first-order valence-electron chi connectivity index (χ1n) is 6.54. The van der Waals surface area contributed by atoms with E-state index in [1.54, 1.807) is 6.26 Å². The molecule has 96 valence electrons. The molecule has 0 amide bonds. The van der Waals surface area contributed by atoms with Crippen molar-refractivity contribution in [1.29, 1.82) is 0 Å². The number of nitrogens with one attached hydrogen (secondary N) is 1. The van der Waals surface area contributed by atoms with E-state index < -0.39 is 0 Å². The zero-order valence-electron chi connectivity index (χ0n) is 10.4. The minimum atomic E-state index is 0.709. The molecule has 0 aliphatic carbocycles. The summed E-state index contributed by atoms with van der Waals surface area (Å²) in [5, 5.41) is 3.46. The lowest BCUT2D eigenvalue weighted by Gasteiger charge is -2.29. The minimum Gasteiger partial charge on any atom is -0.468 e. The van der Waals surface area contributed by atoms with Crippen molar-refractivity contribution in [3.63, 3.8) is 0 Å². The number of nitrogens with zero attached hydrogens (tertiary/aromatic N) is 1. The van der Waals surface area contributed by atoms with Gasteiger partial charge < -0.3 is 15.5 Å². The Bertz CT molecular complexity index is 294. The fourth-order valence-electron chi connectivity index (χ4n) is 2.49. The van der Waals surface area contributed by atoms with Crippen molar-refractivity contribution in [2.24, 2.45) is 11.7 Å². The first kappa shape index (κ1) is 12.6. The van der Waals surface area contributed by atoms with Gasteiger partial charge in [0.25, 0.3) is 0 Å². The predicted molar refractivity (Wildman–Crippen MR) is 68.6 cm³/mol. The Kier molecular flexibility index (Phi) is 5.04. The highest BCUT2D eigenvalue weighted by Crippen LogP contribution is 2.13. The second kappa shape index (κ2) is 6.79. The number of furan rings is 1. The molecule has 1 aliphatic rings. The molecule has 3 N–H and O–H groups in total. The van der Waals surface area contributed by atoms with Crippen molar-refractivity contribution in [2.45, 2.75) is 19.4 Å². The quantitative estimate of drug-likeness (QED) is 0.776. The Morgan fingerprint density at radius 1 is 1.53 bits per heavy atom. The average molecular weight is 237 g/mol. The van der Waals surface area contributed by atoms with Crippen LogP contribution in [0.4, 0.5) is 0 Å². The Labute approximate surface area is 103 Å². The Morgan fingerprint density at radius 2 is 2.47 bits per heavy atom. The number of hydrogen-bond donors (Lipinski definition) is 2. The molecule has 1 saturated heterocycles. The molecule has 0 aromatic carbocycles. The van der Waals surface area contributed by atoms with Crippen LogP contribution in [0.15, 0.2) is 22.8 Å². The van der Waals surface area contributed by atoms with E-state index in [0.717, 1.165) is 37.9 Å². The summed E-state index contributed by atoms with van der Waals surface area (Å²) in [5.41, 5.74) is 5.68. The molecule has 17 heavy (non-hydrogen) atoms. The highest BCUT2D eigenvalue weighted by Gasteiger charge is 2.17. The zero-order valence-corrected chi connectivity index (χ0v) is 10.4. The predicted octanol–water partition coefficient (Wildman–Crippen LogP) is 1.04. The van der Waals surface area contributed by atoms with Crippen LogP contribution in [0.3, 0.4) is 0 Å². The second-order valence-corrected chi connectivity index (χ2v) is 4.82. The molecule has 0 bridgehead atoms. The van der Waals surface area contributed by atoms with Gasteiger partial charge in [-0.25, -0.2) is 0 Å². The monoisotopic (exact) mass is 237 g/mol. The molecule has 1 aromatic heterocycles. The van der Waals surface area contributed by atoms with Crippen molar-refractivity contribution >= 4 is 0 Å². The smallest absolute Gasteiger partial charge is 0.117 e. The number of piperidine rings is 1. The molecule has 2 heterocycles. The standard InChI is InChI=1S/C13H23N3O/c14-5-7-16(11-13-4-2-8-17-13)10-12-3-1-6-15-9-12/h2,4,8,12,15H,1,3,5-7,9-11,14H2. The van der Waals surface area contributed by atoms with Crippen molar-refractivity contribution in [2.75, 3.05) is 32.7 Å². The molecule has 1 atom stereocenters. The van der Waals surface area contributed by atoms with Crippen molar-refractivity contribution in [3.05, 3.63) is 24.2 Å². The van der Waals surface area contributed by atoms with Crippen LogP contribution in [0, 0.1) is 5.92 Å². The molecule has 0 saturated carbocycles. The molecule has 0 spiro atoms. The minimum absolute atomic E-state index is 0.709. The van der Waals surface area contributed by atoms with E-state index in [1.807, 2.05) is 12.1 Å². The molecule has 0 radical (unpaired) electrons. The molecule has 1 aromatic rings.